The summed E-state index contributed by atoms with van der Waals surface area (Å²) in [5.41, 5.74) is 6.47. The smallest absolute Gasteiger partial charge is 0.252 e. The van der Waals surface area contributed by atoms with Crippen LogP contribution in [0.25, 0.3) is 0 Å². The van der Waals surface area contributed by atoms with Gasteiger partial charge in [-0.25, -0.2) is 0 Å². The fourth-order valence-corrected chi connectivity index (χ4v) is 1.57. The van der Waals surface area contributed by atoms with Crippen LogP contribution in [0.15, 0.2) is 17.1 Å². The zero-order chi connectivity index (χ0) is 10.0. The van der Waals surface area contributed by atoms with Crippen molar-refractivity contribution in [3.63, 3.8) is 0 Å². The van der Waals surface area contributed by atoms with E-state index < -0.39 is 0 Å². The van der Waals surface area contributed by atoms with E-state index in [9.17, 15) is 4.79 Å². The Kier molecular flexibility index (Phi) is 3.49. The van der Waals surface area contributed by atoms with Gasteiger partial charge in [-0.05, 0) is 34.6 Å². The molecule has 0 saturated carbocycles. The van der Waals surface area contributed by atoms with Gasteiger partial charge in [0.2, 0.25) is 0 Å². The Morgan fingerprint density at radius 2 is 2.15 bits per heavy atom. The van der Waals surface area contributed by atoms with Crippen molar-refractivity contribution in [2.75, 3.05) is 0 Å². The minimum atomic E-state index is -0.182. The van der Waals surface area contributed by atoms with E-state index in [4.69, 9.17) is 5.73 Å². The Balaban J connectivity index is 3.13. The van der Waals surface area contributed by atoms with Crippen LogP contribution in [0.1, 0.15) is 25.5 Å². The molecule has 1 aromatic heterocycles. The largest absolute Gasteiger partial charge is 0.328 e. The van der Waals surface area contributed by atoms with E-state index in [1.54, 1.807) is 6.20 Å². The van der Waals surface area contributed by atoms with E-state index >= 15 is 0 Å². The standard InChI is InChI=1S/C9H13IN2O/c1-5(2)8(11)7-3-6(10)4-12-9(7)13/h3-5,8H,11H2,1-2H3,(H,12,13)/t8-/m0/s1. The molecule has 0 amide bonds. The fraction of sp³-hybridized carbons (Fsp3) is 0.444. The number of nitrogens with two attached hydrogens (primary N) is 1. The molecule has 0 fully saturated rings. The predicted octanol–water partition coefficient (Wildman–Crippen LogP) is 1.64. The van der Waals surface area contributed by atoms with Crippen LogP contribution >= 0.6 is 22.6 Å². The van der Waals surface area contributed by atoms with Crippen LogP contribution in [0.2, 0.25) is 0 Å². The van der Waals surface area contributed by atoms with Crippen molar-refractivity contribution in [2.24, 2.45) is 11.7 Å². The average molecular weight is 292 g/mol. The number of nitrogens with one attached hydrogen (secondary N) is 1. The van der Waals surface area contributed by atoms with Crippen LogP contribution in [0.4, 0.5) is 0 Å². The Bertz CT molecular complexity index is 346. The minimum absolute atomic E-state index is 0.0818. The van der Waals surface area contributed by atoms with E-state index in [1.165, 1.54) is 0 Å². The fourth-order valence-electron chi connectivity index (χ4n) is 1.08. The van der Waals surface area contributed by atoms with E-state index in [1.807, 2.05) is 19.9 Å². The summed E-state index contributed by atoms with van der Waals surface area (Å²) in [6.07, 6.45) is 1.68. The summed E-state index contributed by atoms with van der Waals surface area (Å²) in [7, 11) is 0. The summed E-state index contributed by atoms with van der Waals surface area (Å²) in [5.74, 6) is 0.277. The maximum absolute atomic E-state index is 11.4. The number of aromatic nitrogens is 1. The van der Waals surface area contributed by atoms with Gasteiger partial charge in [-0.3, -0.25) is 4.79 Å². The van der Waals surface area contributed by atoms with E-state index in [-0.39, 0.29) is 17.5 Å². The molecule has 1 rings (SSSR count). The van der Waals surface area contributed by atoms with Gasteiger partial charge in [0.25, 0.3) is 5.56 Å². The Hall–Kier alpha value is -0.360. The van der Waals surface area contributed by atoms with Crippen LogP contribution in [0, 0.1) is 9.49 Å². The summed E-state index contributed by atoms with van der Waals surface area (Å²) in [6.45, 7) is 4.01. The first-order chi connectivity index (χ1) is 6.02. The van der Waals surface area contributed by atoms with Crippen LogP contribution in [0.5, 0.6) is 0 Å². The normalized spacial score (nSPS) is 13.3. The highest BCUT2D eigenvalue weighted by atomic mass is 127. The van der Waals surface area contributed by atoms with E-state index in [0.29, 0.717) is 5.56 Å². The first-order valence-electron chi connectivity index (χ1n) is 4.16. The van der Waals surface area contributed by atoms with Crippen LogP contribution < -0.4 is 11.3 Å². The van der Waals surface area contributed by atoms with Crippen molar-refractivity contribution in [3.05, 3.63) is 31.8 Å². The number of aromatic amines is 1. The Labute approximate surface area is 90.9 Å². The molecule has 4 heteroatoms. The van der Waals surface area contributed by atoms with Crippen molar-refractivity contribution in [3.8, 4) is 0 Å². The summed E-state index contributed by atoms with van der Waals surface area (Å²) >= 11 is 2.15. The van der Waals surface area contributed by atoms with Gasteiger partial charge in [-0.15, -0.1) is 0 Å². The van der Waals surface area contributed by atoms with Gasteiger partial charge in [-0.1, -0.05) is 13.8 Å². The van der Waals surface area contributed by atoms with Crippen LogP contribution in [-0.2, 0) is 0 Å². The second-order valence-electron chi connectivity index (χ2n) is 3.37. The average Bonchev–Trinajstić information content (AvgIpc) is 2.08. The summed E-state index contributed by atoms with van der Waals surface area (Å²) in [5, 5.41) is 0. The van der Waals surface area contributed by atoms with Crippen molar-refractivity contribution in [2.45, 2.75) is 19.9 Å². The molecule has 3 nitrogen and oxygen atoms in total. The van der Waals surface area contributed by atoms with E-state index in [0.717, 1.165) is 3.57 Å². The molecule has 0 unspecified atom stereocenters. The summed E-state index contributed by atoms with van der Waals surface area (Å²) in [6, 6.07) is 1.66. The molecule has 0 aliphatic heterocycles. The molecule has 13 heavy (non-hydrogen) atoms. The van der Waals surface area contributed by atoms with Gasteiger partial charge in [0.1, 0.15) is 0 Å². The third-order valence-corrected chi connectivity index (χ3v) is 2.60. The molecule has 0 saturated heterocycles. The highest BCUT2D eigenvalue weighted by Gasteiger charge is 2.13. The van der Waals surface area contributed by atoms with Crippen LogP contribution in [-0.4, -0.2) is 4.98 Å². The Morgan fingerprint density at radius 1 is 1.54 bits per heavy atom. The number of halogens is 1. The first kappa shape index (κ1) is 10.7. The lowest BCUT2D eigenvalue weighted by Gasteiger charge is -2.14. The zero-order valence-electron chi connectivity index (χ0n) is 7.67. The highest BCUT2D eigenvalue weighted by molar-refractivity contribution is 14.1. The minimum Gasteiger partial charge on any atom is -0.328 e. The van der Waals surface area contributed by atoms with Crippen molar-refractivity contribution in [1.82, 2.24) is 4.98 Å². The maximum Gasteiger partial charge on any atom is 0.252 e. The quantitative estimate of drug-likeness (QED) is 0.814. The molecule has 1 heterocycles. The number of hydrogen-bond donors (Lipinski definition) is 2. The molecule has 3 N–H and O–H groups in total. The topological polar surface area (TPSA) is 58.9 Å². The molecule has 0 spiro atoms. The van der Waals surface area contributed by atoms with Gasteiger partial charge in [0.05, 0.1) is 0 Å². The van der Waals surface area contributed by atoms with Gasteiger partial charge >= 0.3 is 0 Å². The molecule has 0 radical (unpaired) electrons. The van der Waals surface area contributed by atoms with Crippen molar-refractivity contribution in [1.29, 1.82) is 0 Å². The molecule has 0 aromatic carbocycles. The Morgan fingerprint density at radius 3 is 2.69 bits per heavy atom. The predicted molar refractivity (Wildman–Crippen MR) is 61.5 cm³/mol. The maximum atomic E-state index is 11.4. The first-order valence-corrected chi connectivity index (χ1v) is 5.24. The lowest BCUT2D eigenvalue weighted by molar-refractivity contribution is 0.509. The SMILES string of the molecule is CC(C)[C@H](N)c1cc(I)c[nH]c1=O. The molecule has 1 aromatic rings. The van der Waals surface area contributed by atoms with Gasteiger partial charge in [-0.2, -0.15) is 0 Å². The molecule has 72 valence electrons. The molecule has 1 atom stereocenters. The second kappa shape index (κ2) is 4.23. The number of pyridine rings is 1. The van der Waals surface area contributed by atoms with Crippen molar-refractivity contribution < 1.29 is 0 Å². The molecular formula is C9H13IN2O. The lowest BCUT2D eigenvalue weighted by atomic mass is 9.98. The molecule has 0 aliphatic carbocycles. The van der Waals surface area contributed by atoms with Gasteiger partial charge < -0.3 is 10.7 Å². The van der Waals surface area contributed by atoms with Crippen molar-refractivity contribution >= 4 is 22.6 Å². The molecule has 0 bridgehead atoms. The third-order valence-electron chi connectivity index (χ3n) is 1.97. The summed E-state index contributed by atoms with van der Waals surface area (Å²) in [4.78, 5) is 14.0. The zero-order valence-corrected chi connectivity index (χ0v) is 9.83. The van der Waals surface area contributed by atoms with Gasteiger partial charge in [0.15, 0.2) is 0 Å². The summed E-state index contributed by atoms with van der Waals surface area (Å²) < 4.78 is 1.00. The number of rotatable bonds is 2. The van der Waals surface area contributed by atoms with Gasteiger partial charge in [0, 0.05) is 21.4 Å². The number of H-pyrrole nitrogens is 1. The van der Waals surface area contributed by atoms with E-state index in [2.05, 4.69) is 27.6 Å². The number of hydrogen-bond acceptors (Lipinski definition) is 2. The highest BCUT2D eigenvalue weighted by Crippen LogP contribution is 2.16. The second-order valence-corrected chi connectivity index (χ2v) is 4.62. The monoisotopic (exact) mass is 292 g/mol. The molecule has 0 aliphatic rings. The molecular weight excluding hydrogens is 279 g/mol. The third kappa shape index (κ3) is 2.54. The van der Waals surface area contributed by atoms with Crippen LogP contribution in [0.3, 0.4) is 0 Å². The lowest BCUT2D eigenvalue weighted by Crippen LogP contribution is -2.25.